The van der Waals surface area contributed by atoms with Crippen LogP contribution in [-0.4, -0.2) is 25.1 Å². The average Bonchev–Trinajstić information content (AvgIpc) is 2.08. The highest BCUT2D eigenvalue weighted by molar-refractivity contribution is 5.57. The first-order valence-electron chi connectivity index (χ1n) is 2.35. The van der Waals surface area contributed by atoms with Gasteiger partial charge in [-0.2, -0.15) is 13.2 Å². The van der Waals surface area contributed by atoms with Crippen molar-refractivity contribution in [3.63, 3.8) is 0 Å². The van der Waals surface area contributed by atoms with Crippen molar-refractivity contribution in [2.75, 3.05) is 6.54 Å². The standard InChI is InChI=1S/C4H4F3N2/c5-4(6,7)3-1-8-2-9-3/h2-3H,1H2. The van der Waals surface area contributed by atoms with Crippen molar-refractivity contribution in [2.24, 2.45) is 4.99 Å². The third kappa shape index (κ3) is 1.34. The molecule has 0 bridgehead atoms. The van der Waals surface area contributed by atoms with E-state index >= 15 is 0 Å². The first-order valence-corrected chi connectivity index (χ1v) is 2.35. The molecule has 1 aliphatic heterocycles. The van der Waals surface area contributed by atoms with Crippen LogP contribution in [0.1, 0.15) is 0 Å². The molecular weight excluding hydrogens is 133 g/mol. The molecule has 1 radical (unpaired) electrons. The maximum Gasteiger partial charge on any atom is 0.412 e. The number of rotatable bonds is 0. The minimum atomic E-state index is -4.21. The molecule has 0 saturated carbocycles. The minimum absolute atomic E-state index is 0.247. The van der Waals surface area contributed by atoms with Crippen LogP contribution in [0.4, 0.5) is 13.2 Å². The second kappa shape index (κ2) is 1.89. The fourth-order valence-electron chi connectivity index (χ4n) is 0.510. The van der Waals surface area contributed by atoms with Crippen molar-refractivity contribution < 1.29 is 13.2 Å². The highest BCUT2D eigenvalue weighted by Gasteiger charge is 2.41. The summed E-state index contributed by atoms with van der Waals surface area (Å²) >= 11 is 0. The fraction of sp³-hybridized carbons (Fsp3) is 0.750. The molecular formula is C4H4F3N2. The van der Waals surface area contributed by atoms with E-state index in [9.17, 15) is 13.2 Å². The van der Waals surface area contributed by atoms with Gasteiger partial charge in [0.15, 0.2) is 6.04 Å². The Labute approximate surface area is 49.8 Å². The van der Waals surface area contributed by atoms with E-state index in [0.29, 0.717) is 0 Å². The van der Waals surface area contributed by atoms with Gasteiger partial charge >= 0.3 is 6.18 Å². The van der Waals surface area contributed by atoms with E-state index in [1.54, 1.807) is 0 Å². The highest BCUT2D eigenvalue weighted by Crippen LogP contribution is 2.21. The topological polar surface area (TPSA) is 26.5 Å². The number of nitrogens with zero attached hydrogens (tertiary/aromatic N) is 2. The molecule has 1 aliphatic rings. The molecule has 0 aromatic carbocycles. The Morgan fingerprint density at radius 2 is 2.11 bits per heavy atom. The Morgan fingerprint density at radius 3 is 2.33 bits per heavy atom. The van der Waals surface area contributed by atoms with Gasteiger partial charge in [0.25, 0.3) is 0 Å². The largest absolute Gasteiger partial charge is 0.412 e. The molecule has 0 aromatic rings. The molecule has 0 aliphatic carbocycles. The zero-order valence-electron chi connectivity index (χ0n) is 4.39. The van der Waals surface area contributed by atoms with E-state index in [2.05, 4.69) is 10.3 Å². The molecule has 0 amide bonds. The van der Waals surface area contributed by atoms with Gasteiger partial charge in [0, 0.05) is 0 Å². The monoisotopic (exact) mass is 137 g/mol. The molecule has 0 aromatic heterocycles. The predicted octanol–water partition coefficient (Wildman–Crippen LogP) is 0.564. The highest BCUT2D eigenvalue weighted by atomic mass is 19.4. The van der Waals surface area contributed by atoms with Crippen LogP contribution in [0.3, 0.4) is 0 Å². The summed E-state index contributed by atoms with van der Waals surface area (Å²) in [6.07, 6.45) is -3.26. The first kappa shape index (κ1) is 6.38. The third-order valence-corrected chi connectivity index (χ3v) is 0.984. The zero-order valence-corrected chi connectivity index (χ0v) is 4.39. The summed E-state index contributed by atoms with van der Waals surface area (Å²) < 4.78 is 34.8. The lowest BCUT2D eigenvalue weighted by Gasteiger charge is -2.10. The van der Waals surface area contributed by atoms with Gasteiger partial charge in [-0.15, -0.1) is 0 Å². The van der Waals surface area contributed by atoms with Crippen LogP contribution in [0.2, 0.25) is 0 Å². The van der Waals surface area contributed by atoms with E-state index in [1.165, 1.54) is 0 Å². The summed E-state index contributed by atoms with van der Waals surface area (Å²) in [5.74, 6) is 0. The normalized spacial score (nSPS) is 26.3. The number of alkyl halides is 3. The summed E-state index contributed by atoms with van der Waals surface area (Å²) in [6.45, 7) is -0.247. The Kier molecular flexibility index (Phi) is 1.34. The van der Waals surface area contributed by atoms with Crippen LogP contribution in [0.25, 0.3) is 0 Å². The summed E-state index contributed by atoms with van der Waals surface area (Å²) in [5.41, 5.74) is 0. The number of hydrogen-bond acceptors (Lipinski definition) is 1. The lowest BCUT2D eigenvalue weighted by molar-refractivity contribution is -0.148. The van der Waals surface area contributed by atoms with Gasteiger partial charge in [-0.05, 0) is 0 Å². The molecule has 2 nitrogen and oxygen atoms in total. The Hall–Kier alpha value is -0.740. The van der Waals surface area contributed by atoms with Crippen molar-refractivity contribution in [1.82, 2.24) is 5.32 Å². The van der Waals surface area contributed by atoms with Crippen LogP contribution >= 0.6 is 0 Å². The van der Waals surface area contributed by atoms with Crippen molar-refractivity contribution in [1.29, 1.82) is 0 Å². The van der Waals surface area contributed by atoms with Crippen LogP contribution in [0.15, 0.2) is 4.99 Å². The molecule has 0 saturated heterocycles. The molecule has 51 valence electrons. The summed E-state index contributed by atoms with van der Waals surface area (Å²) in [7, 11) is 0. The molecule has 0 fully saturated rings. The molecule has 1 atom stereocenters. The Morgan fingerprint density at radius 1 is 1.44 bits per heavy atom. The average molecular weight is 137 g/mol. The van der Waals surface area contributed by atoms with Crippen LogP contribution in [0.5, 0.6) is 0 Å². The smallest absolute Gasteiger partial charge is 0.271 e. The van der Waals surface area contributed by atoms with E-state index in [4.69, 9.17) is 0 Å². The van der Waals surface area contributed by atoms with Crippen molar-refractivity contribution in [3.8, 4) is 0 Å². The number of halogens is 3. The Balaban J connectivity index is 2.46. The fourth-order valence-corrected chi connectivity index (χ4v) is 0.510. The zero-order chi connectivity index (χ0) is 6.91. The van der Waals surface area contributed by atoms with Crippen molar-refractivity contribution in [2.45, 2.75) is 12.2 Å². The van der Waals surface area contributed by atoms with Crippen molar-refractivity contribution >= 4 is 6.34 Å². The molecule has 9 heavy (non-hydrogen) atoms. The maximum atomic E-state index is 11.6. The second-order valence-electron chi connectivity index (χ2n) is 1.69. The predicted molar refractivity (Wildman–Crippen MR) is 25.3 cm³/mol. The lowest BCUT2D eigenvalue weighted by atomic mass is 10.3. The molecule has 1 rings (SSSR count). The van der Waals surface area contributed by atoms with Gasteiger partial charge in [-0.1, -0.05) is 0 Å². The van der Waals surface area contributed by atoms with Gasteiger partial charge in [0.05, 0.1) is 6.54 Å². The van der Waals surface area contributed by atoms with E-state index in [-0.39, 0.29) is 6.54 Å². The van der Waals surface area contributed by atoms with Gasteiger partial charge < -0.3 is 0 Å². The van der Waals surface area contributed by atoms with E-state index in [0.717, 1.165) is 6.34 Å². The maximum absolute atomic E-state index is 11.6. The van der Waals surface area contributed by atoms with E-state index < -0.39 is 12.2 Å². The summed E-state index contributed by atoms with van der Waals surface area (Å²) in [5, 5.41) is 3.09. The first-order chi connectivity index (χ1) is 4.11. The molecule has 5 heteroatoms. The SMILES string of the molecule is FC(F)(F)C1CN=C[N]1. The lowest BCUT2D eigenvalue weighted by Crippen LogP contribution is -2.35. The number of aliphatic imine (C=N–C) groups is 1. The summed E-state index contributed by atoms with van der Waals surface area (Å²) in [4.78, 5) is 3.32. The van der Waals surface area contributed by atoms with Crippen molar-refractivity contribution in [3.05, 3.63) is 0 Å². The molecule has 1 unspecified atom stereocenters. The van der Waals surface area contributed by atoms with Gasteiger partial charge in [0.1, 0.15) is 6.34 Å². The quantitative estimate of drug-likeness (QED) is 0.466. The van der Waals surface area contributed by atoms with Crippen LogP contribution in [-0.2, 0) is 0 Å². The number of hydrogen-bond donors (Lipinski definition) is 0. The Bertz CT molecular complexity index is 120. The second-order valence-corrected chi connectivity index (χ2v) is 1.69. The minimum Gasteiger partial charge on any atom is -0.271 e. The van der Waals surface area contributed by atoms with Crippen LogP contribution in [0, 0.1) is 0 Å². The van der Waals surface area contributed by atoms with Gasteiger partial charge in [0.2, 0.25) is 0 Å². The van der Waals surface area contributed by atoms with E-state index in [1.807, 2.05) is 0 Å². The summed E-state index contributed by atoms with van der Waals surface area (Å²) in [6, 6.07) is -1.59. The molecule has 0 spiro atoms. The van der Waals surface area contributed by atoms with Gasteiger partial charge in [-0.3, -0.25) is 10.3 Å². The molecule has 0 N–H and O–H groups in total. The molecule has 1 heterocycles. The third-order valence-electron chi connectivity index (χ3n) is 0.984. The van der Waals surface area contributed by atoms with Gasteiger partial charge in [-0.25, -0.2) is 0 Å². The van der Waals surface area contributed by atoms with Crippen LogP contribution < -0.4 is 5.32 Å².